The lowest BCUT2D eigenvalue weighted by molar-refractivity contribution is 0.0995. The van der Waals surface area contributed by atoms with E-state index >= 15 is 0 Å². The van der Waals surface area contributed by atoms with Crippen LogP contribution in [-0.2, 0) is 6.54 Å². The van der Waals surface area contributed by atoms with Crippen LogP contribution in [0.1, 0.15) is 36.2 Å². The molecule has 18 heavy (non-hydrogen) atoms. The largest absolute Gasteiger partial charge is 0.396 e. The van der Waals surface area contributed by atoms with Gasteiger partial charge in [-0.05, 0) is 32.9 Å². The minimum atomic E-state index is -0.568. The third-order valence-electron chi connectivity index (χ3n) is 3.64. The van der Waals surface area contributed by atoms with E-state index in [0.717, 1.165) is 13.0 Å². The molecule has 0 saturated carbocycles. The highest BCUT2D eigenvalue weighted by Crippen LogP contribution is 2.18. The van der Waals surface area contributed by atoms with Crippen molar-refractivity contribution in [3.8, 4) is 0 Å². The molecule has 0 spiro atoms. The first kappa shape index (κ1) is 12.9. The second-order valence-electron chi connectivity index (χ2n) is 4.98. The third kappa shape index (κ3) is 2.81. The molecule has 1 aliphatic heterocycles. The summed E-state index contributed by atoms with van der Waals surface area (Å²) in [6.45, 7) is 1.94. The van der Waals surface area contributed by atoms with E-state index in [0.29, 0.717) is 11.7 Å². The first-order valence-electron chi connectivity index (χ1n) is 6.41. The topological polar surface area (TPSA) is 90.2 Å². The van der Waals surface area contributed by atoms with E-state index in [2.05, 4.69) is 17.0 Å². The van der Waals surface area contributed by atoms with Gasteiger partial charge in [-0.15, -0.1) is 0 Å². The number of nitrogen functional groups attached to an aromatic ring is 1. The fraction of sp³-hybridized carbons (Fsp3) is 0.667. The van der Waals surface area contributed by atoms with Crippen LogP contribution in [-0.4, -0.2) is 40.2 Å². The van der Waals surface area contributed by atoms with Crippen LogP contribution in [0, 0.1) is 0 Å². The predicted molar refractivity (Wildman–Crippen MR) is 70.0 cm³/mol. The van der Waals surface area contributed by atoms with E-state index in [-0.39, 0.29) is 5.69 Å². The zero-order valence-electron chi connectivity index (χ0n) is 10.8. The van der Waals surface area contributed by atoms with Crippen molar-refractivity contribution >= 4 is 11.6 Å². The van der Waals surface area contributed by atoms with Crippen LogP contribution in [0.4, 0.5) is 5.69 Å². The third-order valence-corrected chi connectivity index (χ3v) is 3.64. The first-order chi connectivity index (χ1) is 8.58. The number of nitrogens with zero attached hydrogens (tertiary/aromatic N) is 3. The van der Waals surface area contributed by atoms with Gasteiger partial charge in [0.2, 0.25) is 0 Å². The number of anilines is 1. The summed E-state index contributed by atoms with van der Waals surface area (Å²) < 4.78 is 1.72. The Morgan fingerprint density at radius 1 is 1.56 bits per heavy atom. The monoisotopic (exact) mass is 251 g/mol. The number of carbonyl (C=O) groups is 1. The zero-order chi connectivity index (χ0) is 13.1. The van der Waals surface area contributed by atoms with E-state index in [1.807, 2.05) is 0 Å². The highest BCUT2D eigenvalue weighted by molar-refractivity contribution is 5.95. The zero-order valence-corrected chi connectivity index (χ0v) is 10.8. The standard InChI is InChI=1S/C12H21N5O/c1-16-6-3-2-4-9(16)5-7-17-8-10(13)11(15-17)12(14)18/h8-9H,2-7,13H2,1H3,(H2,14,18). The number of rotatable bonds is 4. The molecule has 1 aromatic heterocycles. The Hall–Kier alpha value is -1.56. The van der Waals surface area contributed by atoms with Crippen molar-refractivity contribution in [2.45, 2.75) is 38.3 Å². The van der Waals surface area contributed by atoms with Gasteiger partial charge in [-0.3, -0.25) is 9.48 Å². The molecule has 0 bridgehead atoms. The minimum Gasteiger partial charge on any atom is -0.396 e. The minimum absolute atomic E-state index is 0.173. The Morgan fingerprint density at radius 3 is 2.94 bits per heavy atom. The summed E-state index contributed by atoms with van der Waals surface area (Å²) >= 11 is 0. The van der Waals surface area contributed by atoms with E-state index in [1.54, 1.807) is 10.9 Å². The van der Waals surface area contributed by atoms with Crippen LogP contribution in [0.2, 0.25) is 0 Å². The molecule has 1 atom stereocenters. The molecule has 2 rings (SSSR count). The molecule has 100 valence electrons. The number of piperidine rings is 1. The smallest absolute Gasteiger partial charge is 0.271 e. The molecule has 1 aromatic rings. The van der Waals surface area contributed by atoms with Gasteiger partial charge < -0.3 is 16.4 Å². The molecule has 6 nitrogen and oxygen atoms in total. The molecule has 0 radical (unpaired) electrons. The van der Waals surface area contributed by atoms with Crippen LogP contribution in [0.3, 0.4) is 0 Å². The van der Waals surface area contributed by atoms with E-state index in [1.165, 1.54) is 25.8 Å². The van der Waals surface area contributed by atoms with Crippen molar-refractivity contribution in [2.75, 3.05) is 19.3 Å². The molecule has 1 aliphatic rings. The molecule has 1 amide bonds. The number of aryl methyl sites for hydroxylation is 1. The van der Waals surface area contributed by atoms with E-state index < -0.39 is 5.91 Å². The number of amides is 1. The molecular formula is C12H21N5O. The molecule has 0 aromatic carbocycles. The summed E-state index contributed by atoms with van der Waals surface area (Å²) in [5, 5.41) is 4.12. The number of likely N-dealkylation sites (tertiary alicyclic amines) is 1. The van der Waals surface area contributed by atoms with Crippen LogP contribution in [0.15, 0.2) is 6.20 Å². The average molecular weight is 251 g/mol. The van der Waals surface area contributed by atoms with Crippen molar-refractivity contribution in [3.63, 3.8) is 0 Å². The Morgan fingerprint density at radius 2 is 2.33 bits per heavy atom. The molecule has 1 unspecified atom stereocenters. The normalized spacial score (nSPS) is 21.1. The molecule has 2 heterocycles. The summed E-state index contributed by atoms with van der Waals surface area (Å²) in [7, 11) is 2.16. The van der Waals surface area contributed by atoms with Crippen molar-refractivity contribution in [3.05, 3.63) is 11.9 Å². The maximum Gasteiger partial charge on any atom is 0.271 e. The van der Waals surface area contributed by atoms with E-state index in [4.69, 9.17) is 11.5 Å². The summed E-state index contributed by atoms with van der Waals surface area (Å²) in [6, 6.07) is 0.598. The van der Waals surface area contributed by atoms with Crippen molar-refractivity contribution in [2.24, 2.45) is 5.73 Å². The molecule has 4 N–H and O–H groups in total. The Bertz CT molecular complexity index is 428. The summed E-state index contributed by atoms with van der Waals surface area (Å²) in [5.41, 5.74) is 11.4. The van der Waals surface area contributed by atoms with Crippen LogP contribution in [0.25, 0.3) is 0 Å². The number of aromatic nitrogens is 2. The average Bonchev–Trinajstić information content (AvgIpc) is 2.70. The number of hydrogen-bond acceptors (Lipinski definition) is 4. The van der Waals surface area contributed by atoms with Gasteiger partial charge in [0.15, 0.2) is 5.69 Å². The summed E-state index contributed by atoms with van der Waals surface area (Å²) in [6.07, 6.45) is 6.52. The number of nitrogens with two attached hydrogens (primary N) is 2. The lowest BCUT2D eigenvalue weighted by atomic mass is 10.0. The van der Waals surface area contributed by atoms with Gasteiger partial charge in [-0.2, -0.15) is 5.10 Å². The Balaban J connectivity index is 1.93. The summed E-state index contributed by atoms with van der Waals surface area (Å²) in [4.78, 5) is 13.4. The van der Waals surface area contributed by atoms with Gasteiger partial charge in [-0.25, -0.2) is 0 Å². The predicted octanol–water partition coefficient (Wildman–Crippen LogP) is 0.439. The fourth-order valence-electron chi connectivity index (χ4n) is 2.53. The number of primary amides is 1. The van der Waals surface area contributed by atoms with Gasteiger partial charge in [-0.1, -0.05) is 6.42 Å². The highest BCUT2D eigenvalue weighted by atomic mass is 16.1. The number of carbonyl (C=O) groups excluding carboxylic acids is 1. The first-order valence-corrected chi connectivity index (χ1v) is 6.41. The second-order valence-corrected chi connectivity index (χ2v) is 4.98. The van der Waals surface area contributed by atoms with E-state index in [9.17, 15) is 4.79 Å². The molecular weight excluding hydrogens is 230 g/mol. The lowest BCUT2D eigenvalue weighted by Gasteiger charge is -2.32. The fourth-order valence-corrected chi connectivity index (χ4v) is 2.53. The van der Waals surface area contributed by atoms with Crippen LogP contribution in [0.5, 0.6) is 0 Å². The summed E-state index contributed by atoms with van der Waals surface area (Å²) in [5.74, 6) is -0.568. The van der Waals surface area contributed by atoms with Crippen molar-refractivity contribution < 1.29 is 4.79 Å². The second kappa shape index (κ2) is 5.39. The van der Waals surface area contributed by atoms with Gasteiger partial charge in [0, 0.05) is 18.8 Å². The molecule has 1 fully saturated rings. The van der Waals surface area contributed by atoms with Gasteiger partial charge in [0.25, 0.3) is 5.91 Å². The molecule has 1 saturated heterocycles. The SMILES string of the molecule is CN1CCCCC1CCn1cc(N)c(C(N)=O)n1. The van der Waals surface area contributed by atoms with Gasteiger partial charge in [0.05, 0.1) is 5.69 Å². The van der Waals surface area contributed by atoms with Gasteiger partial charge >= 0.3 is 0 Å². The molecule has 0 aliphatic carbocycles. The molecule has 6 heteroatoms. The van der Waals surface area contributed by atoms with Crippen LogP contribution >= 0.6 is 0 Å². The Kier molecular flexibility index (Phi) is 3.86. The van der Waals surface area contributed by atoms with Crippen molar-refractivity contribution in [1.82, 2.24) is 14.7 Å². The van der Waals surface area contributed by atoms with Crippen LogP contribution < -0.4 is 11.5 Å². The van der Waals surface area contributed by atoms with Crippen molar-refractivity contribution in [1.29, 1.82) is 0 Å². The number of hydrogen-bond donors (Lipinski definition) is 2. The highest BCUT2D eigenvalue weighted by Gasteiger charge is 2.19. The lowest BCUT2D eigenvalue weighted by Crippen LogP contribution is -2.36. The quantitative estimate of drug-likeness (QED) is 0.812. The maximum absolute atomic E-state index is 11.1. The maximum atomic E-state index is 11.1. The van der Waals surface area contributed by atoms with Gasteiger partial charge in [0.1, 0.15) is 0 Å². The Labute approximate surface area is 107 Å².